The van der Waals surface area contributed by atoms with Crippen LogP contribution in [-0.4, -0.2) is 30.5 Å². The van der Waals surface area contributed by atoms with Crippen LogP contribution in [0.1, 0.15) is 53.9 Å². The van der Waals surface area contributed by atoms with E-state index in [1.165, 1.54) is 19.3 Å². The minimum absolute atomic E-state index is 0.135. The Morgan fingerprint density at radius 1 is 1.05 bits per heavy atom. The van der Waals surface area contributed by atoms with E-state index in [1.807, 2.05) is 0 Å². The van der Waals surface area contributed by atoms with E-state index in [4.69, 9.17) is 15.0 Å². The van der Waals surface area contributed by atoms with Gasteiger partial charge in [0, 0.05) is 11.9 Å². The Kier molecular flexibility index (Phi) is 4.92. The van der Waals surface area contributed by atoms with Crippen molar-refractivity contribution in [2.45, 2.75) is 76.9 Å². The summed E-state index contributed by atoms with van der Waals surface area (Å²) in [6, 6.07) is 0.228. The minimum atomic E-state index is -0.251. The van der Waals surface area contributed by atoms with E-state index in [1.54, 1.807) is 0 Å². The first-order chi connectivity index (χ1) is 9.25. The van der Waals surface area contributed by atoms with Gasteiger partial charge in [0.25, 0.3) is 0 Å². The Labute approximate surface area is 127 Å². The summed E-state index contributed by atoms with van der Waals surface area (Å²) in [5, 5.41) is 0. The van der Waals surface area contributed by atoms with Crippen LogP contribution in [0.4, 0.5) is 0 Å². The molecule has 0 aromatic carbocycles. The van der Waals surface area contributed by atoms with Crippen LogP contribution in [0.5, 0.6) is 0 Å². The molecular formula is C15H31BNO2P. The molecule has 2 rings (SSSR count). The maximum atomic E-state index is 6.46. The lowest BCUT2D eigenvalue weighted by Gasteiger charge is -2.51. The van der Waals surface area contributed by atoms with E-state index in [9.17, 15) is 0 Å². The average Bonchev–Trinajstić information content (AvgIpc) is 2.54. The smallest absolute Gasteiger partial charge is 0.403 e. The van der Waals surface area contributed by atoms with Gasteiger partial charge in [-0.3, -0.25) is 0 Å². The molecule has 0 amide bonds. The molecule has 0 bridgehead atoms. The van der Waals surface area contributed by atoms with Gasteiger partial charge in [0.05, 0.1) is 11.2 Å². The second-order valence-corrected chi connectivity index (χ2v) is 8.05. The van der Waals surface area contributed by atoms with Gasteiger partial charge in [0.2, 0.25) is 0 Å². The average molecular weight is 299 g/mol. The highest BCUT2D eigenvalue weighted by atomic mass is 31.0. The van der Waals surface area contributed by atoms with Gasteiger partial charge in [-0.05, 0) is 58.5 Å². The van der Waals surface area contributed by atoms with E-state index in [0.717, 1.165) is 6.16 Å². The van der Waals surface area contributed by atoms with Crippen molar-refractivity contribution in [2.75, 3.05) is 6.16 Å². The summed E-state index contributed by atoms with van der Waals surface area (Å²) in [5.74, 6) is 1.65. The highest BCUT2D eigenvalue weighted by molar-refractivity contribution is 7.16. The van der Waals surface area contributed by atoms with Gasteiger partial charge >= 0.3 is 7.12 Å². The fourth-order valence-electron chi connectivity index (χ4n) is 3.76. The van der Waals surface area contributed by atoms with Crippen molar-refractivity contribution in [3.8, 4) is 0 Å². The Bertz CT molecular complexity index is 335. The molecule has 2 aliphatic rings. The van der Waals surface area contributed by atoms with Gasteiger partial charge in [-0.2, -0.15) is 0 Å². The molecule has 0 radical (unpaired) electrons. The summed E-state index contributed by atoms with van der Waals surface area (Å²) in [4.78, 5) is 0. The molecule has 20 heavy (non-hydrogen) atoms. The van der Waals surface area contributed by atoms with Crippen LogP contribution in [0, 0.1) is 11.8 Å². The van der Waals surface area contributed by atoms with Crippen molar-refractivity contribution < 1.29 is 9.31 Å². The van der Waals surface area contributed by atoms with Gasteiger partial charge in [-0.25, -0.2) is 0 Å². The molecule has 1 saturated heterocycles. The molecule has 5 atom stereocenters. The second kappa shape index (κ2) is 5.87. The van der Waals surface area contributed by atoms with Crippen molar-refractivity contribution in [3.05, 3.63) is 0 Å². The summed E-state index contributed by atoms with van der Waals surface area (Å²) in [6.45, 7) is 10.7. The summed E-state index contributed by atoms with van der Waals surface area (Å²) in [5.41, 5.74) is 5.96. The van der Waals surface area contributed by atoms with Crippen LogP contribution >= 0.6 is 9.24 Å². The third-order valence-electron chi connectivity index (χ3n) is 5.69. The molecule has 1 heterocycles. The zero-order chi connectivity index (χ0) is 15.1. The van der Waals surface area contributed by atoms with E-state index < -0.39 is 0 Å². The van der Waals surface area contributed by atoms with Crippen LogP contribution in [0.15, 0.2) is 0 Å². The highest BCUT2D eigenvalue weighted by Gasteiger charge is 2.61. The van der Waals surface area contributed by atoms with Gasteiger partial charge < -0.3 is 15.0 Å². The number of nitrogens with two attached hydrogens (primary N) is 1. The van der Waals surface area contributed by atoms with Crippen LogP contribution in [0.3, 0.4) is 0 Å². The predicted octanol–water partition coefficient (Wildman–Crippen LogP) is 3.09. The fraction of sp³-hybridized carbons (Fsp3) is 1.00. The van der Waals surface area contributed by atoms with Crippen molar-refractivity contribution >= 4 is 16.4 Å². The van der Waals surface area contributed by atoms with E-state index >= 15 is 0 Å². The Balaban J connectivity index is 2.09. The lowest BCUT2D eigenvalue weighted by atomic mass is 9.45. The van der Waals surface area contributed by atoms with Gasteiger partial charge in [0.15, 0.2) is 0 Å². The zero-order valence-corrected chi connectivity index (χ0v) is 14.8. The molecule has 116 valence electrons. The van der Waals surface area contributed by atoms with Crippen LogP contribution < -0.4 is 5.73 Å². The molecule has 5 heteroatoms. The number of hydrogen-bond donors (Lipinski definition) is 1. The molecule has 3 nitrogen and oxygen atoms in total. The molecular weight excluding hydrogens is 268 g/mol. The normalized spacial score (nSPS) is 38.9. The topological polar surface area (TPSA) is 44.5 Å². The lowest BCUT2D eigenvalue weighted by Crippen LogP contribution is -2.58. The molecule has 0 spiro atoms. The first-order valence-electron chi connectivity index (χ1n) is 8.06. The molecule has 1 aliphatic carbocycles. The standard InChI is InChI=1S/C15H31BNO2P/c1-6-7-11-10(8-9-20)12(13(11)17)16-18-14(2,3)15(4,5)19-16/h10-13H,6-9,17,20H2,1-5H3/t10?,11?,12-,13?/m1/s1. The summed E-state index contributed by atoms with van der Waals surface area (Å²) < 4.78 is 12.5. The molecule has 0 aromatic rings. The monoisotopic (exact) mass is 299 g/mol. The van der Waals surface area contributed by atoms with Crippen molar-refractivity contribution in [3.63, 3.8) is 0 Å². The Morgan fingerprint density at radius 2 is 1.60 bits per heavy atom. The largest absolute Gasteiger partial charge is 0.463 e. The molecule has 2 N–H and O–H groups in total. The van der Waals surface area contributed by atoms with Crippen LogP contribution in [0.2, 0.25) is 5.82 Å². The summed E-state index contributed by atoms with van der Waals surface area (Å²) in [7, 11) is 2.71. The number of rotatable bonds is 5. The maximum absolute atomic E-state index is 6.46. The fourth-order valence-corrected chi connectivity index (χ4v) is 4.15. The summed E-state index contributed by atoms with van der Waals surface area (Å²) in [6.07, 6.45) is 4.78. The lowest BCUT2D eigenvalue weighted by molar-refractivity contribution is 0.00578. The molecule has 2 fully saturated rings. The molecule has 0 aromatic heterocycles. The summed E-state index contributed by atoms with van der Waals surface area (Å²) >= 11 is 0. The first kappa shape index (κ1) is 16.7. The maximum Gasteiger partial charge on any atom is 0.463 e. The second-order valence-electron chi connectivity index (χ2n) is 7.47. The van der Waals surface area contributed by atoms with Gasteiger partial charge in [-0.15, -0.1) is 9.24 Å². The third-order valence-corrected chi connectivity index (χ3v) is 6.02. The SMILES string of the molecule is CCCC1C(N)[C@H](B2OC(C)(C)C(C)(C)O2)C1CCP. The van der Waals surface area contributed by atoms with E-state index in [-0.39, 0.29) is 24.4 Å². The Morgan fingerprint density at radius 3 is 2.05 bits per heavy atom. The highest BCUT2D eigenvalue weighted by Crippen LogP contribution is 2.54. The molecule has 1 aliphatic heterocycles. The molecule has 4 unspecified atom stereocenters. The quantitative estimate of drug-likeness (QED) is 0.627. The van der Waals surface area contributed by atoms with Gasteiger partial charge in [-0.1, -0.05) is 13.3 Å². The van der Waals surface area contributed by atoms with Crippen molar-refractivity contribution in [1.29, 1.82) is 0 Å². The van der Waals surface area contributed by atoms with E-state index in [0.29, 0.717) is 17.7 Å². The van der Waals surface area contributed by atoms with Crippen LogP contribution in [-0.2, 0) is 9.31 Å². The number of hydrogen-bond acceptors (Lipinski definition) is 3. The third kappa shape index (κ3) is 2.69. The van der Waals surface area contributed by atoms with E-state index in [2.05, 4.69) is 43.9 Å². The first-order valence-corrected chi connectivity index (χ1v) is 8.88. The Hall–Kier alpha value is 0.375. The van der Waals surface area contributed by atoms with Gasteiger partial charge in [0.1, 0.15) is 0 Å². The minimum Gasteiger partial charge on any atom is -0.403 e. The molecule has 1 saturated carbocycles. The van der Waals surface area contributed by atoms with Crippen molar-refractivity contribution in [2.24, 2.45) is 17.6 Å². The zero-order valence-electron chi connectivity index (χ0n) is 13.7. The van der Waals surface area contributed by atoms with Crippen LogP contribution in [0.25, 0.3) is 0 Å². The van der Waals surface area contributed by atoms with Crippen molar-refractivity contribution in [1.82, 2.24) is 0 Å². The predicted molar refractivity (Wildman–Crippen MR) is 88.9 cm³/mol.